The molecule has 0 saturated heterocycles. The van der Waals surface area contributed by atoms with Crippen LogP contribution in [0.2, 0.25) is 0 Å². The van der Waals surface area contributed by atoms with Gasteiger partial charge in [-0.25, -0.2) is 0 Å². The number of hydrogen-bond acceptors (Lipinski definition) is 4. The highest BCUT2D eigenvalue weighted by Gasteiger charge is 2.31. The highest BCUT2D eigenvalue weighted by atomic mass is 16.5. The van der Waals surface area contributed by atoms with E-state index in [0.717, 1.165) is 16.9 Å². The van der Waals surface area contributed by atoms with Crippen molar-refractivity contribution in [1.82, 2.24) is 0 Å². The van der Waals surface area contributed by atoms with Gasteiger partial charge in [-0.05, 0) is 49.8 Å². The minimum atomic E-state index is -0.624. The molecule has 1 aliphatic heterocycles. The number of rotatable bonds is 7. The van der Waals surface area contributed by atoms with Gasteiger partial charge >= 0.3 is 0 Å². The molecule has 1 aliphatic rings. The summed E-state index contributed by atoms with van der Waals surface area (Å²) in [5.74, 6) is 0.929. The van der Waals surface area contributed by atoms with Crippen molar-refractivity contribution in [1.29, 1.82) is 0 Å². The van der Waals surface area contributed by atoms with Gasteiger partial charge in [0, 0.05) is 17.8 Å². The first-order valence-electron chi connectivity index (χ1n) is 10.9. The van der Waals surface area contributed by atoms with E-state index >= 15 is 0 Å². The average Bonchev–Trinajstić information content (AvgIpc) is 2.82. The number of fused-ring (bicyclic) bond motifs is 1. The summed E-state index contributed by atoms with van der Waals surface area (Å²) in [6.07, 6.45) is 2.61. The number of carbonyl (C=O) groups is 2. The van der Waals surface area contributed by atoms with Gasteiger partial charge in [0.05, 0.1) is 12.2 Å². The monoisotopic (exact) mass is 442 g/mol. The minimum absolute atomic E-state index is 0.127. The molecule has 2 amide bonds. The Labute approximate surface area is 193 Å². The molecule has 6 heteroatoms. The number of nitrogens with one attached hydrogen (secondary N) is 1. The van der Waals surface area contributed by atoms with Crippen molar-refractivity contribution in [2.24, 2.45) is 0 Å². The van der Waals surface area contributed by atoms with Crippen LogP contribution in [-0.4, -0.2) is 31.1 Å². The Balaban J connectivity index is 1.42. The molecule has 0 aliphatic carbocycles. The summed E-state index contributed by atoms with van der Waals surface area (Å²) in [5.41, 5.74) is 3.35. The van der Waals surface area contributed by atoms with Gasteiger partial charge in [0.15, 0.2) is 6.10 Å². The summed E-state index contributed by atoms with van der Waals surface area (Å²) >= 11 is 0. The van der Waals surface area contributed by atoms with Crippen molar-refractivity contribution in [3.05, 3.63) is 90.0 Å². The van der Waals surface area contributed by atoms with Gasteiger partial charge in [-0.3, -0.25) is 9.59 Å². The second kappa shape index (κ2) is 10.0. The van der Waals surface area contributed by atoms with Crippen LogP contribution in [0.15, 0.2) is 78.9 Å². The molecule has 1 heterocycles. The van der Waals surface area contributed by atoms with E-state index < -0.39 is 6.10 Å². The zero-order chi connectivity index (χ0) is 23.2. The predicted molar refractivity (Wildman–Crippen MR) is 130 cm³/mol. The van der Waals surface area contributed by atoms with E-state index in [1.165, 1.54) is 6.08 Å². The molecule has 1 N–H and O–H groups in total. The first-order chi connectivity index (χ1) is 16.0. The molecule has 168 valence electrons. The van der Waals surface area contributed by atoms with Crippen LogP contribution in [0.1, 0.15) is 18.1 Å². The average molecular weight is 443 g/mol. The molecule has 33 heavy (non-hydrogen) atoms. The molecule has 0 aromatic heterocycles. The molecule has 0 radical (unpaired) electrons. The Morgan fingerprint density at radius 2 is 1.85 bits per heavy atom. The maximum absolute atomic E-state index is 12.7. The van der Waals surface area contributed by atoms with Crippen molar-refractivity contribution in [2.45, 2.75) is 20.0 Å². The van der Waals surface area contributed by atoms with E-state index in [-0.39, 0.29) is 11.8 Å². The number of carbonyl (C=O) groups excluding carboxylic acids is 2. The minimum Gasteiger partial charge on any atom is -0.492 e. The van der Waals surface area contributed by atoms with Crippen LogP contribution in [0.3, 0.4) is 0 Å². The molecule has 0 bridgehead atoms. The molecule has 0 fully saturated rings. The zero-order valence-electron chi connectivity index (χ0n) is 18.7. The maximum atomic E-state index is 12.7. The highest BCUT2D eigenvalue weighted by molar-refractivity contribution is 6.03. The third kappa shape index (κ3) is 5.60. The lowest BCUT2D eigenvalue weighted by Gasteiger charge is -2.33. The largest absolute Gasteiger partial charge is 0.492 e. The zero-order valence-corrected chi connectivity index (χ0v) is 18.7. The van der Waals surface area contributed by atoms with Gasteiger partial charge in [0.1, 0.15) is 18.1 Å². The smallest absolute Gasteiger partial charge is 0.267 e. The Kier molecular flexibility index (Phi) is 6.74. The molecule has 0 saturated carbocycles. The van der Waals surface area contributed by atoms with Crippen LogP contribution < -0.4 is 19.7 Å². The number of hydrogen-bond donors (Lipinski definition) is 1. The predicted octanol–water partition coefficient (Wildman–Crippen LogP) is 4.84. The first kappa shape index (κ1) is 22.1. The Morgan fingerprint density at radius 3 is 2.61 bits per heavy atom. The summed E-state index contributed by atoms with van der Waals surface area (Å²) in [6.45, 7) is 4.47. The van der Waals surface area contributed by atoms with Crippen LogP contribution in [0, 0.1) is 6.92 Å². The molecule has 3 aromatic rings. The molecule has 0 spiro atoms. The van der Waals surface area contributed by atoms with Gasteiger partial charge < -0.3 is 19.7 Å². The maximum Gasteiger partial charge on any atom is 0.267 e. The fraction of sp³-hybridized carbons (Fsp3) is 0.185. The number of ether oxygens (including phenoxy) is 2. The quantitative estimate of drug-likeness (QED) is 0.532. The molecule has 1 atom stereocenters. The van der Waals surface area contributed by atoms with E-state index in [1.54, 1.807) is 36.1 Å². The topological polar surface area (TPSA) is 67.9 Å². The third-order valence-corrected chi connectivity index (χ3v) is 5.27. The lowest BCUT2D eigenvalue weighted by molar-refractivity contribution is -0.125. The standard InChI is InChI=1S/C27H26N2O4/c1-19-8-12-23(13-9-19)32-17-16-29-24-14-11-22(18-25(24)33-20(2)27(29)31)28-26(30)15-10-21-6-4-3-5-7-21/h3-15,18,20H,16-17H2,1-2H3,(H,28,30)/b15-10+. The van der Waals surface area contributed by atoms with Crippen molar-refractivity contribution in [3.63, 3.8) is 0 Å². The number of anilines is 2. The van der Waals surface area contributed by atoms with Crippen LogP contribution in [0.25, 0.3) is 6.08 Å². The molecule has 3 aromatic carbocycles. The van der Waals surface area contributed by atoms with Gasteiger partial charge in [-0.2, -0.15) is 0 Å². The molecule has 4 rings (SSSR count). The fourth-order valence-corrected chi connectivity index (χ4v) is 3.53. The first-order valence-corrected chi connectivity index (χ1v) is 10.9. The van der Waals surface area contributed by atoms with E-state index in [1.807, 2.05) is 61.5 Å². The number of benzene rings is 3. The Morgan fingerprint density at radius 1 is 1.09 bits per heavy atom. The summed E-state index contributed by atoms with van der Waals surface area (Å²) in [6, 6.07) is 22.7. The van der Waals surface area contributed by atoms with Crippen LogP contribution >= 0.6 is 0 Å². The van der Waals surface area contributed by atoms with Crippen LogP contribution in [0.5, 0.6) is 11.5 Å². The summed E-state index contributed by atoms with van der Waals surface area (Å²) < 4.78 is 11.6. The van der Waals surface area contributed by atoms with E-state index in [2.05, 4.69) is 5.32 Å². The van der Waals surface area contributed by atoms with Crippen molar-refractivity contribution < 1.29 is 19.1 Å². The van der Waals surface area contributed by atoms with Gasteiger partial charge in [0.2, 0.25) is 5.91 Å². The lowest BCUT2D eigenvalue weighted by atomic mass is 10.1. The summed E-state index contributed by atoms with van der Waals surface area (Å²) in [5, 5.41) is 2.84. The second-order valence-corrected chi connectivity index (χ2v) is 7.83. The van der Waals surface area contributed by atoms with Crippen molar-refractivity contribution in [2.75, 3.05) is 23.4 Å². The molecular formula is C27H26N2O4. The van der Waals surface area contributed by atoms with Crippen LogP contribution in [0.4, 0.5) is 11.4 Å². The molecular weight excluding hydrogens is 416 g/mol. The number of amides is 2. The SMILES string of the molecule is Cc1ccc(OCCN2C(=O)C(C)Oc3cc(NC(=O)/C=C/c4ccccc4)ccc32)cc1. The summed E-state index contributed by atoms with van der Waals surface area (Å²) in [7, 11) is 0. The van der Waals surface area contributed by atoms with Crippen molar-refractivity contribution in [3.8, 4) is 11.5 Å². The van der Waals surface area contributed by atoms with Crippen LogP contribution in [-0.2, 0) is 9.59 Å². The Hall–Kier alpha value is -4.06. The highest BCUT2D eigenvalue weighted by Crippen LogP contribution is 2.36. The van der Waals surface area contributed by atoms with E-state index in [9.17, 15) is 9.59 Å². The second-order valence-electron chi connectivity index (χ2n) is 7.83. The van der Waals surface area contributed by atoms with Gasteiger partial charge in [-0.1, -0.05) is 48.0 Å². The van der Waals surface area contributed by atoms with E-state index in [4.69, 9.17) is 9.47 Å². The normalized spacial score (nSPS) is 15.2. The number of nitrogens with zero attached hydrogens (tertiary/aromatic N) is 1. The molecule has 1 unspecified atom stereocenters. The van der Waals surface area contributed by atoms with Gasteiger partial charge in [0.25, 0.3) is 5.91 Å². The fourth-order valence-electron chi connectivity index (χ4n) is 3.53. The van der Waals surface area contributed by atoms with Crippen molar-refractivity contribution >= 4 is 29.3 Å². The lowest BCUT2D eigenvalue weighted by Crippen LogP contribution is -2.46. The van der Waals surface area contributed by atoms with Gasteiger partial charge in [-0.15, -0.1) is 0 Å². The van der Waals surface area contributed by atoms with E-state index in [0.29, 0.717) is 30.3 Å². The third-order valence-electron chi connectivity index (χ3n) is 5.27. The molecule has 6 nitrogen and oxygen atoms in total. The Bertz CT molecular complexity index is 1160. The summed E-state index contributed by atoms with van der Waals surface area (Å²) in [4.78, 5) is 26.7. The number of aryl methyl sites for hydroxylation is 1.